The van der Waals surface area contributed by atoms with Crippen LogP contribution in [-0.4, -0.2) is 22.2 Å². The van der Waals surface area contributed by atoms with Gasteiger partial charge in [0.2, 0.25) is 5.88 Å². The third-order valence-corrected chi connectivity index (χ3v) is 9.00. The number of anilines is 1. The summed E-state index contributed by atoms with van der Waals surface area (Å²) in [5, 5.41) is 11.3. The molecule has 1 aromatic heterocycles. The summed E-state index contributed by atoms with van der Waals surface area (Å²) in [6.07, 6.45) is 5.24. The number of benzene rings is 2. The monoisotopic (exact) mass is 485 g/mol. The first-order chi connectivity index (χ1) is 17.1. The highest BCUT2D eigenvalue weighted by Crippen LogP contribution is 2.67. The Labute approximate surface area is 210 Å². The van der Waals surface area contributed by atoms with Crippen molar-refractivity contribution in [3.8, 4) is 17.0 Å². The molecule has 4 aliphatic rings. The van der Waals surface area contributed by atoms with Crippen LogP contribution in [0.1, 0.15) is 42.8 Å². The van der Waals surface area contributed by atoms with Gasteiger partial charge in [0.15, 0.2) is 0 Å². The summed E-state index contributed by atoms with van der Waals surface area (Å²) < 4.78 is 5.73. The van der Waals surface area contributed by atoms with Crippen molar-refractivity contribution in [3.05, 3.63) is 82.0 Å². The van der Waals surface area contributed by atoms with Gasteiger partial charge in [-0.15, -0.1) is 0 Å². The molecule has 2 fully saturated rings. The van der Waals surface area contributed by atoms with Gasteiger partial charge in [0.1, 0.15) is 5.82 Å². The predicted octanol–water partition coefficient (Wildman–Crippen LogP) is 6.50. The normalized spacial score (nSPS) is 23.3. The number of aliphatic hydroxyl groups excluding tert-OH is 1. The Kier molecular flexibility index (Phi) is 4.69. The van der Waals surface area contributed by atoms with Crippen LogP contribution in [0.15, 0.2) is 59.9 Å². The summed E-state index contributed by atoms with van der Waals surface area (Å²) in [7, 11) is 1.69. The maximum Gasteiger partial charge on any atom is 0.221 e. The number of fused-ring (bicyclic) bond motifs is 2. The standard InChI is InChI=1S/C29H28ClN3O2/c1-35-28-22-15-33(24-9-5-8-19(26(24)30)17-6-3-2-4-7-17)16-23(22)31-25(32-28)13-18-12-20-21(18)14-29(10-11-29)27(20)34/h2-9,18,21,34H,10-16H2,1H3. The zero-order chi connectivity index (χ0) is 23.7. The Balaban J connectivity index is 1.14. The second-order valence-electron chi connectivity index (χ2n) is 10.6. The molecule has 2 unspecified atom stereocenters. The Morgan fingerprint density at radius 2 is 1.91 bits per heavy atom. The molecule has 1 aliphatic heterocycles. The molecule has 2 atom stereocenters. The summed E-state index contributed by atoms with van der Waals surface area (Å²) in [5.74, 6) is 3.27. The van der Waals surface area contributed by atoms with Gasteiger partial charge in [0.25, 0.3) is 0 Å². The van der Waals surface area contributed by atoms with Gasteiger partial charge in [-0.05, 0) is 54.7 Å². The van der Waals surface area contributed by atoms with Crippen LogP contribution in [0.25, 0.3) is 11.1 Å². The highest BCUT2D eigenvalue weighted by Gasteiger charge is 2.59. The van der Waals surface area contributed by atoms with Crippen LogP contribution in [0.2, 0.25) is 5.02 Å². The number of nitrogens with zero attached hydrogens (tertiary/aromatic N) is 3. The maximum atomic E-state index is 10.6. The SMILES string of the molecule is COc1nc(CC2CC3=C(O)C4(CC4)CC32)nc2c1CN(c1cccc(-c3ccccc3)c1Cl)C2. The van der Waals surface area contributed by atoms with Crippen molar-refractivity contribution in [1.82, 2.24) is 9.97 Å². The Bertz CT molecular complexity index is 1370. The molecular formula is C29H28ClN3O2. The Hall–Kier alpha value is -3.05. The topological polar surface area (TPSA) is 58.5 Å². The van der Waals surface area contributed by atoms with Gasteiger partial charge < -0.3 is 14.7 Å². The summed E-state index contributed by atoms with van der Waals surface area (Å²) in [5.41, 5.74) is 6.65. The number of methoxy groups -OCH3 is 1. The third kappa shape index (κ3) is 3.28. The molecular weight excluding hydrogens is 458 g/mol. The van der Waals surface area contributed by atoms with E-state index < -0.39 is 0 Å². The molecule has 2 heterocycles. The molecule has 3 aliphatic carbocycles. The van der Waals surface area contributed by atoms with Crippen molar-refractivity contribution >= 4 is 17.3 Å². The first-order valence-corrected chi connectivity index (χ1v) is 12.9. The van der Waals surface area contributed by atoms with Crippen LogP contribution in [0, 0.1) is 17.3 Å². The van der Waals surface area contributed by atoms with Crippen LogP contribution in [0.4, 0.5) is 5.69 Å². The summed E-state index contributed by atoms with van der Waals surface area (Å²) in [6, 6.07) is 16.4. The minimum atomic E-state index is 0.138. The smallest absolute Gasteiger partial charge is 0.221 e. The number of rotatable bonds is 5. The maximum absolute atomic E-state index is 10.6. The van der Waals surface area contributed by atoms with E-state index in [1.54, 1.807) is 7.11 Å². The lowest BCUT2D eigenvalue weighted by Crippen LogP contribution is -2.29. The van der Waals surface area contributed by atoms with Crippen molar-refractivity contribution in [3.63, 3.8) is 0 Å². The molecule has 6 heteroatoms. The van der Waals surface area contributed by atoms with Crippen molar-refractivity contribution in [2.75, 3.05) is 12.0 Å². The van der Waals surface area contributed by atoms with Gasteiger partial charge in [-0.2, -0.15) is 4.98 Å². The summed E-state index contributed by atoms with van der Waals surface area (Å²) in [4.78, 5) is 12.1. The largest absolute Gasteiger partial charge is 0.512 e. The van der Waals surface area contributed by atoms with E-state index in [-0.39, 0.29) is 5.41 Å². The molecule has 35 heavy (non-hydrogen) atoms. The number of hydrogen-bond donors (Lipinski definition) is 1. The minimum Gasteiger partial charge on any atom is -0.512 e. The van der Waals surface area contributed by atoms with Crippen LogP contribution in [0.3, 0.4) is 0 Å². The highest BCUT2D eigenvalue weighted by atomic mass is 35.5. The van der Waals surface area contributed by atoms with Crippen LogP contribution in [-0.2, 0) is 19.5 Å². The summed E-state index contributed by atoms with van der Waals surface area (Å²) >= 11 is 6.92. The molecule has 2 saturated carbocycles. The molecule has 1 spiro atoms. The first-order valence-electron chi connectivity index (χ1n) is 12.5. The van der Waals surface area contributed by atoms with Gasteiger partial charge in [-0.3, -0.25) is 0 Å². The van der Waals surface area contributed by atoms with Crippen molar-refractivity contribution in [2.24, 2.45) is 17.3 Å². The van der Waals surface area contributed by atoms with E-state index in [0.717, 1.165) is 76.8 Å². The van der Waals surface area contributed by atoms with Crippen molar-refractivity contribution in [1.29, 1.82) is 0 Å². The van der Waals surface area contributed by atoms with Gasteiger partial charge >= 0.3 is 0 Å². The van der Waals surface area contributed by atoms with Gasteiger partial charge in [-0.25, -0.2) is 4.98 Å². The van der Waals surface area contributed by atoms with Crippen LogP contribution < -0.4 is 9.64 Å². The van der Waals surface area contributed by atoms with Crippen molar-refractivity contribution < 1.29 is 9.84 Å². The third-order valence-electron chi connectivity index (χ3n) is 8.60. The molecule has 0 amide bonds. The molecule has 3 aromatic rings. The van der Waals surface area contributed by atoms with Crippen LogP contribution in [0.5, 0.6) is 5.88 Å². The van der Waals surface area contributed by atoms with Gasteiger partial charge in [0.05, 0.1) is 47.9 Å². The molecule has 5 nitrogen and oxygen atoms in total. The van der Waals surface area contributed by atoms with Crippen LogP contribution >= 0.6 is 11.6 Å². The van der Waals surface area contributed by atoms with E-state index in [1.165, 1.54) is 5.57 Å². The fraction of sp³-hybridized carbons (Fsp3) is 0.379. The molecule has 7 rings (SSSR count). The fourth-order valence-electron chi connectivity index (χ4n) is 6.47. The van der Waals surface area contributed by atoms with E-state index >= 15 is 0 Å². The second-order valence-corrected chi connectivity index (χ2v) is 10.9. The average molecular weight is 486 g/mol. The van der Waals surface area contributed by atoms with E-state index in [2.05, 4.69) is 35.2 Å². The Morgan fingerprint density at radius 1 is 1.09 bits per heavy atom. The lowest BCUT2D eigenvalue weighted by atomic mass is 9.68. The molecule has 0 saturated heterocycles. The molecule has 178 valence electrons. The minimum absolute atomic E-state index is 0.138. The lowest BCUT2D eigenvalue weighted by Gasteiger charge is -2.36. The number of ether oxygens (including phenoxy) is 1. The number of hydrogen-bond acceptors (Lipinski definition) is 5. The van der Waals surface area contributed by atoms with Gasteiger partial charge in [0, 0.05) is 17.4 Å². The fourth-order valence-corrected chi connectivity index (χ4v) is 6.82. The predicted molar refractivity (Wildman–Crippen MR) is 137 cm³/mol. The zero-order valence-corrected chi connectivity index (χ0v) is 20.6. The van der Waals surface area contributed by atoms with Crippen molar-refractivity contribution in [2.45, 2.75) is 45.2 Å². The molecule has 0 bridgehead atoms. The Morgan fingerprint density at radius 3 is 2.69 bits per heavy atom. The molecule has 0 radical (unpaired) electrons. The lowest BCUT2D eigenvalue weighted by molar-refractivity contribution is 0.254. The van der Waals surface area contributed by atoms with E-state index in [1.807, 2.05) is 18.2 Å². The number of allylic oxidation sites excluding steroid dienone is 2. The highest BCUT2D eigenvalue weighted by molar-refractivity contribution is 6.36. The quantitative estimate of drug-likeness (QED) is 0.447. The van der Waals surface area contributed by atoms with E-state index in [0.29, 0.717) is 30.8 Å². The second kappa shape index (κ2) is 7.72. The average Bonchev–Trinajstić information content (AvgIpc) is 3.49. The zero-order valence-electron chi connectivity index (χ0n) is 19.8. The van der Waals surface area contributed by atoms with E-state index in [9.17, 15) is 5.11 Å². The number of aromatic nitrogens is 2. The molecule has 2 aromatic carbocycles. The first kappa shape index (κ1) is 21.3. The van der Waals surface area contributed by atoms with Gasteiger partial charge in [-0.1, -0.05) is 54.1 Å². The number of aliphatic hydroxyl groups is 1. The summed E-state index contributed by atoms with van der Waals surface area (Å²) in [6.45, 7) is 1.36. The molecule has 1 N–H and O–H groups in total. The van der Waals surface area contributed by atoms with E-state index in [4.69, 9.17) is 26.3 Å². The number of halogens is 1.